The van der Waals surface area contributed by atoms with Crippen molar-refractivity contribution in [2.45, 2.75) is 31.9 Å². The van der Waals surface area contributed by atoms with Crippen LogP contribution in [0, 0.1) is 0 Å². The van der Waals surface area contributed by atoms with E-state index in [1.807, 2.05) is 18.2 Å². The first-order valence-corrected chi connectivity index (χ1v) is 5.49. The minimum atomic E-state index is -0.295. The van der Waals surface area contributed by atoms with Crippen molar-refractivity contribution in [1.82, 2.24) is 5.32 Å². The first kappa shape index (κ1) is 11.1. The van der Waals surface area contributed by atoms with E-state index in [1.54, 1.807) is 7.05 Å². The van der Waals surface area contributed by atoms with Gasteiger partial charge in [-0.3, -0.25) is 4.79 Å². The van der Waals surface area contributed by atoms with Gasteiger partial charge in [-0.15, -0.1) is 0 Å². The maximum atomic E-state index is 11.8. The molecule has 0 saturated carbocycles. The molecule has 1 aromatic rings. The molecule has 3 nitrogen and oxygen atoms in total. The molecule has 1 unspecified atom stereocenters. The summed E-state index contributed by atoms with van der Waals surface area (Å²) in [6.45, 7) is 4.51. The van der Waals surface area contributed by atoms with Crippen LogP contribution < -0.4 is 5.32 Å². The van der Waals surface area contributed by atoms with Crippen LogP contribution in [0.3, 0.4) is 0 Å². The van der Waals surface area contributed by atoms with Crippen LogP contribution in [0.25, 0.3) is 0 Å². The van der Waals surface area contributed by atoms with Crippen LogP contribution >= 0.6 is 0 Å². The van der Waals surface area contributed by atoms with Gasteiger partial charge >= 0.3 is 5.97 Å². The van der Waals surface area contributed by atoms with E-state index in [9.17, 15) is 4.79 Å². The standard InChI is InChI=1S/C13H17NO2/c1-13(2)10-7-5-4-6-9(10)8-16-12(15)11(13)14-3/h4-7,11,14H,8H2,1-3H3. The number of benzene rings is 1. The van der Waals surface area contributed by atoms with E-state index < -0.39 is 0 Å². The van der Waals surface area contributed by atoms with E-state index in [2.05, 4.69) is 25.2 Å². The summed E-state index contributed by atoms with van der Waals surface area (Å²) >= 11 is 0. The molecule has 1 aliphatic rings. The molecule has 1 aromatic carbocycles. The molecule has 16 heavy (non-hydrogen) atoms. The van der Waals surface area contributed by atoms with E-state index >= 15 is 0 Å². The number of carbonyl (C=O) groups excluding carboxylic acids is 1. The predicted octanol–water partition coefficient (Wildman–Crippen LogP) is 1.61. The summed E-state index contributed by atoms with van der Waals surface area (Å²) in [5, 5.41) is 3.05. The fourth-order valence-electron chi connectivity index (χ4n) is 2.44. The van der Waals surface area contributed by atoms with Crippen LogP contribution in [-0.2, 0) is 21.6 Å². The number of hydrogen-bond acceptors (Lipinski definition) is 3. The smallest absolute Gasteiger partial charge is 0.324 e. The average molecular weight is 219 g/mol. The highest BCUT2D eigenvalue weighted by atomic mass is 16.5. The maximum absolute atomic E-state index is 11.8. The molecule has 1 N–H and O–H groups in total. The zero-order valence-corrected chi connectivity index (χ0v) is 9.91. The first-order chi connectivity index (χ1) is 7.57. The summed E-state index contributed by atoms with van der Waals surface area (Å²) in [5.41, 5.74) is 2.03. The largest absolute Gasteiger partial charge is 0.460 e. The fourth-order valence-corrected chi connectivity index (χ4v) is 2.44. The van der Waals surface area contributed by atoms with E-state index in [0.717, 1.165) is 5.56 Å². The minimum Gasteiger partial charge on any atom is -0.460 e. The van der Waals surface area contributed by atoms with Crippen LogP contribution in [0.15, 0.2) is 24.3 Å². The summed E-state index contributed by atoms with van der Waals surface area (Å²) in [6, 6.07) is 7.77. The zero-order valence-electron chi connectivity index (χ0n) is 9.91. The van der Waals surface area contributed by atoms with Crippen molar-refractivity contribution in [2.24, 2.45) is 0 Å². The Morgan fingerprint density at radius 1 is 1.38 bits per heavy atom. The molecule has 0 aromatic heterocycles. The third kappa shape index (κ3) is 1.61. The Morgan fingerprint density at radius 3 is 2.75 bits per heavy atom. The molecule has 0 aliphatic carbocycles. The van der Waals surface area contributed by atoms with Crippen molar-refractivity contribution in [2.75, 3.05) is 7.05 Å². The molecular formula is C13H17NO2. The molecule has 1 atom stereocenters. The number of esters is 1. The van der Waals surface area contributed by atoms with Gasteiger partial charge in [-0.05, 0) is 18.2 Å². The number of nitrogens with one attached hydrogen (secondary N) is 1. The quantitative estimate of drug-likeness (QED) is 0.729. The Labute approximate surface area is 95.8 Å². The van der Waals surface area contributed by atoms with Crippen molar-refractivity contribution in [1.29, 1.82) is 0 Å². The Morgan fingerprint density at radius 2 is 2.06 bits per heavy atom. The Balaban J connectivity index is 2.54. The summed E-state index contributed by atoms with van der Waals surface area (Å²) in [7, 11) is 1.79. The molecule has 0 saturated heterocycles. The molecule has 0 fully saturated rings. The fraction of sp³-hybridized carbons (Fsp3) is 0.462. The van der Waals surface area contributed by atoms with Crippen molar-refractivity contribution >= 4 is 5.97 Å². The van der Waals surface area contributed by atoms with Crippen molar-refractivity contribution in [3.05, 3.63) is 35.4 Å². The van der Waals surface area contributed by atoms with Crippen LogP contribution in [0.2, 0.25) is 0 Å². The second-order valence-corrected chi connectivity index (χ2v) is 4.71. The van der Waals surface area contributed by atoms with Gasteiger partial charge in [-0.2, -0.15) is 0 Å². The van der Waals surface area contributed by atoms with Gasteiger partial charge in [0.25, 0.3) is 0 Å². The number of ether oxygens (including phenoxy) is 1. The van der Waals surface area contributed by atoms with Gasteiger partial charge < -0.3 is 10.1 Å². The minimum absolute atomic E-state index is 0.177. The number of cyclic esters (lactones) is 1. The van der Waals surface area contributed by atoms with Crippen molar-refractivity contribution < 1.29 is 9.53 Å². The van der Waals surface area contributed by atoms with Gasteiger partial charge in [0.2, 0.25) is 0 Å². The number of hydrogen-bond donors (Lipinski definition) is 1. The Bertz CT molecular complexity index is 412. The highest BCUT2D eigenvalue weighted by Gasteiger charge is 2.40. The van der Waals surface area contributed by atoms with Gasteiger partial charge in [0.1, 0.15) is 12.6 Å². The van der Waals surface area contributed by atoms with Crippen LogP contribution in [0.5, 0.6) is 0 Å². The Hall–Kier alpha value is -1.35. The van der Waals surface area contributed by atoms with Crippen LogP contribution in [0.4, 0.5) is 0 Å². The van der Waals surface area contributed by atoms with Crippen LogP contribution in [-0.4, -0.2) is 19.1 Å². The highest BCUT2D eigenvalue weighted by molar-refractivity contribution is 5.79. The lowest BCUT2D eigenvalue weighted by molar-refractivity contribution is -0.148. The molecule has 1 aliphatic heterocycles. The summed E-state index contributed by atoms with van der Waals surface area (Å²) in [6.07, 6.45) is 0. The second kappa shape index (κ2) is 3.91. The number of rotatable bonds is 1. The molecule has 0 spiro atoms. The predicted molar refractivity (Wildman–Crippen MR) is 62.1 cm³/mol. The maximum Gasteiger partial charge on any atom is 0.324 e. The molecular weight excluding hydrogens is 202 g/mol. The summed E-state index contributed by atoms with van der Waals surface area (Å²) in [5.74, 6) is -0.177. The highest BCUT2D eigenvalue weighted by Crippen LogP contribution is 2.33. The van der Waals surface area contributed by atoms with Gasteiger partial charge in [0.05, 0.1) is 0 Å². The number of likely N-dealkylation sites (N-methyl/N-ethyl adjacent to an activating group) is 1. The van der Waals surface area contributed by atoms with E-state index in [-0.39, 0.29) is 17.4 Å². The third-order valence-electron chi connectivity index (χ3n) is 3.33. The molecule has 1 heterocycles. The van der Waals surface area contributed by atoms with E-state index in [1.165, 1.54) is 5.56 Å². The Kier molecular flexibility index (Phi) is 2.72. The zero-order chi connectivity index (χ0) is 11.8. The molecule has 0 bridgehead atoms. The van der Waals surface area contributed by atoms with E-state index in [0.29, 0.717) is 6.61 Å². The summed E-state index contributed by atoms with van der Waals surface area (Å²) < 4.78 is 5.27. The topological polar surface area (TPSA) is 38.3 Å². The SMILES string of the molecule is CNC1C(=O)OCc2ccccc2C1(C)C. The normalized spacial score (nSPS) is 23.2. The van der Waals surface area contributed by atoms with Gasteiger partial charge in [-0.1, -0.05) is 38.1 Å². The number of carbonyl (C=O) groups is 1. The third-order valence-corrected chi connectivity index (χ3v) is 3.33. The lowest BCUT2D eigenvalue weighted by Crippen LogP contribution is -2.48. The average Bonchev–Trinajstić information content (AvgIpc) is 2.35. The van der Waals surface area contributed by atoms with E-state index in [4.69, 9.17) is 4.74 Å². The van der Waals surface area contributed by atoms with Gasteiger partial charge in [0.15, 0.2) is 0 Å². The first-order valence-electron chi connectivity index (χ1n) is 5.49. The molecule has 0 amide bonds. The second-order valence-electron chi connectivity index (χ2n) is 4.71. The molecule has 0 radical (unpaired) electrons. The number of fused-ring (bicyclic) bond motifs is 1. The van der Waals surface area contributed by atoms with Crippen molar-refractivity contribution in [3.63, 3.8) is 0 Å². The van der Waals surface area contributed by atoms with Crippen molar-refractivity contribution in [3.8, 4) is 0 Å². The van der Waals surface area contributed by atoms with Crippen LogP contribution in [0.1, 0.15) is 25.0 Å². The monoisotopic (exact) mass is 219 g/mol. The van der Waals surface area contributed by atoms with Gasteiger partial charge in [0, 0.05) is 5.41 Å². The lowest BCUT2D eigenvalue weighted by Gasteiger charge is -2.31. The molecule has 3 heteroatoms. The molecule has 2 rings (SSSR count). The van der Waals surface area contributed by atoms with Gasteiger partial charge in [-0.25, -0.2) is 0 Å². The lowest BCUT2D eigenvalue weighted by atomic mass is 9.76. The summed E-state index contributed by atoms with van der Waals surface area (Å²) in [4.78, 5) is 11.8. The molecule has 86 valence electrons.